The molecule has 1 aliphatic rings. The van der Waals surface area contributed by atoms with Crippen LogP contribution in [0.4, 0.5) is 4.39 Å². The summed E-state index contributed by atoms with van der Waals surface area (Å²) in [6.07, 6.45) is 2.90. The summed E-state index contributed by atoms with van der Waals surface area (Å²) in [4.78, 5) is 18.3. The summed E-state index contributed by atoms with van der Waals surface area (Å²) in [6.45, 7) is 3.88. The third kappa shape index (κ3) is 3.94. The van der Waals surface area contributed by atoms with E-state index >= 15 is 0 Å². The van der Waals surface area contributed by atoms with Crippen LogP contribution in [0.1, 0.15) is 32.1 Å². The fourth-order valence-corrected chi connectivity index (χ4v) is 2.73. The third-order valence-electron chi connectivity index (χ3n) is 4.24. The molecule has 1 fully saturated rings. The van der Waals surface area contributed by atoms with Crippen LogP contribution in [-0.2, 0) is 11.2 Å². The Morgan fingerprint density at radius 1 is 1.39 bits per heavy atom. The highest BCUT2D eigenvalue weighted by molar-refractivity contribution is 5.76. The molecule has 0 saturated carbocycles. The fourth-order valence-electron chi connectivity index (χ4n) is 2.73. The van der Waals surface area contributed by atoms with Gasteiger partial charge in [-0.2, -0.15) is 4.98 Å². The second-order valence-electron chi connectivity index (χ2n) is 6.09. The zero-order valence-electron chi connectivity index (χ0n) is 13.2. The number of piperidine rings is 1. The highest BCUT2D eigenvalue weighted by Gasteiger charge is 2.20. The lowest BCUT2D eigenvalue weighted by atomic mass is 9.99. The van der Waals surface area contributed by atoms with Crippen molar-refractivity contribution in [3.8, 4) is 11.4 Å². The second kappa shape index (κ2) is 6.89. The number of halogens is 1. The van der Waals surface area contributed by atoms with Gasteiger partial charge in [0.25, 0.3) is 0 Å². The van der Waals surface area contributed by atoms with Gasteiger partial charge in [-0.05, 0) is 30.9 Å². The molecule has 3 rings (SSSR count). The van der Waals surface area contributed by atoms with Crippen molar-refractivity contribution in [3.63, 3.8) is 0 Å². The molecule has 2 heterocycles. The molecular formula is C17H20FN3O2. The van der Waals surface area contributed by atoms with Gasteiger partial charge in [0.05, 0.1) is 0 Å². The van der Waals surface area contributed by atoms with Crippen LogP contribution in [0, 0.1) is 11.7 Å². The quantitative estimate of drug-likeness (QED) is 0.869. The zero-order chi connectivity index (χ0) is 16.2. The number of hydrogen-bond donors (Lipinski definition) is 0. The van der Waals surface area contributed by atoms with Crippen molar-refractivity contribution < 1.29 is 13.7 Å². The molecule has 1 amide bonds. The molecule has 2 aromatic rings. The van der Waals surface area contributed by atoms with E-state index in [0.29, 0.717) is 36.0 Å². The van der Waals surface area contributed by atoms with E-state index in [-0.39, 0.29) is 11.7 Å². The minimum absolute atomic E-state index is 0.127. The number of hydrogen-bond acceptors (Lipinski definition) is 4. The first-order valence-corrected chi connectivity index (χ1v) is 7.98. The molecule has 23 heavy (non-hydrogen) atoms. The molecule has 122 valence electrons. The van der Waals surface area contributed by atoms with Gasteiger partial charge in [-0.1, -0.05) is 24.2 Å². The average Bonchev–Trinajstić information content (AvgIpc) is 3.02. The minimum Gasteiger partial charge on any atom is -0.343 e. The summed E-state index contributed by atoms with van der Waals surface area (Å²) >= 11 is 0. The fraction of sp³-hybridized carbons (Fsp3) is 0.471. The molecular weight excluding hydrogens is 297 g/mol. The lowest BCUT2D eigenvalue weighted by molar-refractivity contribution is -0.132. The maximum atomic E-state index is 13.2. The maximum absolute atomic E-state index is 13.2. The van der Waals surface area contributed by atoms with Crippen molar-refractivity contribution in [2.24, 2.45) is 5.92 Å². The molecule has 0 radical (unpaired) electrons. The van der Waals surface area contributed by atoms with Gasteiger partial charge < -0.3 is 9.42 Å². The first-order chi connectivity index (χ1) is 11.1. The van der Waals surface area contributed by atoms with Crippen molar-refractivity contribution in [2.75, 3.05) is 13.1 Å². The second-order valence-corrected chi connectivity index (χ2v) is 6.09. The number of aryl methyl sites for hydroxylation is 1. The molecule has 1 saturated heterocycles. The van der Waals surface area contributed by atoms with Crippen LogP contribution in [0.5, 0.6) is 0 Å². The van der Waals surface area contributed by atoms with E-state index in [1.807, 2.05) is 4.90 Å². The standard InChI is InChI=1S/C17H20FN3O2/c1-12-7-9-21(10-8-12)16(22)6-5-15-19-17(20-23-15)13-3-2-4-14(18)11-13/h2-4,11-12H,5-10H2,1H3. The molecule has 0 spiro atoms. The van der Waals surface area contributed by atoms with Gasteiger partial charge in [-0.15, -0.1) is 0 Å². The Morgan fingerprint density at radius 3 is 2.91 bits per heavy atom. The largest absolute Gasteiger partial charge is 0.343 e. The predicted octanol–water partition coefficient (Wildman–Crippen LogP) is 3.07. The molecule has 1 aromatic carbocycles. The van der Waals surface area contributed by atoms with Crippen LogP contribution in [0.3, 0.4) is 0 Å². The van der Waals surface area contributed by atoms with E-state index in [2.05, 4.69) is 17.1 Å². The van der Waals surface area contributed by atoms with Gasteiger partial charge in [-0.25, -0.2) is 4.39 Å². The van der Waals surface area contributed by atoms with Gasteiger partial charge in [0.1, 0.15) is 5.82 Å². The first kappa shape index (κ1) is 15.6. The van der Waals surface area contributed by atoms with Crippen LogP contribution in [0.2, 0.25) is 0 Å². The molecule has 1 aromatic heterocycles. The number of carbonyl (C=O) groups excluding carboxylic acids is 1. The Morgan fingerprint density at radius 2 is 2.17 bits per heavy atom. The van der Waals surface area contributed by atoms with E-state index in [4.69, 9.17) is 4.52 Å². The van der Waals surface area contributed by atoms with Crippen molar-refractivity contribution in [1.82, 2.24) is 15.0 Å². The number of carbonyl (C=O) groups is 1. The summed E-state index contributed by atoms with van der Waals surface area (Å²) in [5.74, 6) is 1.23. The Balaban J connectivity index is 1.56. The van der Waals surface area contributed by atoms with E-state index in [0.717, 1.165) is 25.9 Å². The van der Waals surface area contributed by atoms with Crippen LogP contribution >= 0.6 is 0 Å². The van der Waals surface area contributed by atoms with Crippen molar-refractivity contribution in [1.29, 1.82) is 0 Å². The molecule has 0 unspecified atom stereocenters. The molecule has 0 aliphatic carbocycles. The molecule has 6 heteroatoms. The Labute approximate surface area is 134 Å². The van der Waals surface area contributed by atoms with Crippen molar-refractivity contribution in [2.45, 2.75) is 32.6 Å². The smallest absolute Gasteiger partial charge is 0.227 e. The van der Waals surface area contributed by atoms with Gasteiger partial charge in [0.15, 0.2) is 0 Å². The summed E-state index contributed by atoms with van der Waals surface area (Å²) in [6, 6.07) is 6.04. The highest BCUT2D eigenvalue weighted by atomic mass is 19.1. The zero-order valence-corrected chi connectivity index (χ0v) is 13.2. The maximum Gasteiger partial charge on any atom is 0.227 e. The summed E-state index contributed by atoms with van der Waals surface area (Å²) in [5, 5.41) is 3.85. The van der Waals surface area contributed by atoms with Crippen LogP contribution in [0.25, 0.3) is 11.4 Å². The van der Waals surface area contributed by atoms with E-state index in [1.165, 1.54) is 12.1 Å². The predicted molar refractivity (Wildman–Crippen MR) is 83.0 cm³/mol. The van der Waals surface area contributed by atoms with Crippen LogP contribution in [0.15, 0.2) is 28.8 Å². The Bertz CT molecular complexity index is 678. The normalized spacial score (nSPS) is 15.8. The third-order valence-corrected chi connectivity index (χ3v) is 4.24. The number of amides is 1. The number of likely N-dealkylation sites (tertiary alicyclic amines) is 1. The Kier molecular flexibility index (Phi) is 4.69. The van der Waals surface area contributed by atoms with Gasteiger partial charge >= 0.3 is 0 Å². The molecule has 0 bridgehead atoms. The lowest BCUT2D eigenvalue weighted by Crippen LogP contribution is -2.38. The number of nitrogens with zero attached hydrogens (tertiary/aromatic N) is 3. The lowest BCUT2D eigenvalue weighted by Gasteiger charge is -2.30. The van der Waals surface area contributed by atoms with E-state index in [1.54, 1.807) is 12.1 Å². The van der Waals surface area contributed by atoms with Crippen LogP contribution in [-0.4, -0.2) is 34.0 Å². The molecule has 1 aliphatic heterocycles. The van der Waals surface area contributed by atoms with E-state index < -0.39 is 0 Å². The Hall–Kier alpha value is -2.24. The summed E-state index contributed by atoms with van der Waals surface area (Å²) in [5.41, 5.74) is 0.566. The van der Waals surface area contributed by atoms with E-state index in [9.17, 15) is 9.18 Å². The van der Waals surface area contributed by atoms with Gasteiger partial charge in [-0.3, -0.25) is 4.79 Å². The van der Waals surface area contributed by atoms with Gasteiger partial charge in [0.2, 0.25) is 17.6 Å². The first-order valence-electron chi connectivity index (χ1n) is 7.98. The van der Waals surface area contributed by atoms with Crippen molar-refractivity contribution >= 4 is 5.91 Å². The molecule has 0 atom stereocenters. The molecule has 0 N–H and O–H groups in total. The summed E-state index contributed by atoms with van der Waals surface area (Å²) < 4.78 is 18.4. The topological polar surface area (TPSA) is 59.2 Å². The SMILES string of the molecule is CC1CCN(C(=O)CCc2nc(-c3cccc(F)c3)no2)CC1. The molecule has 5 nitrogen and oxygen atoms in total. The summed E-state index contributed by atoms with van der Waals surface area (Å²) in [7, 11) is 0. The number of aromatic nitrogens is 2. The minimum atomic E-state index is -0.344. The van der Waals surface area contributed by atoms with Gasteiger partial charge in [0, 0.05) is 31.5 Å². The monoisotopic (exact) mass is 317 g/mol. The average molecular weight is 317 g/mol. The van der Waals surface area contributed by atoms with Crippen LogP contribution < -0.4 is 0 Å². The number of rotatable bonds is 4. The number of benzene rings is 1. The van der Waals surface area contributed by atoms with Crippen molar-refractivity contribution in [3.05, 3.63) is 36.0 Å². The highest BCUT2D eigenvalue weighted by Crippen LogP contribution is 2.19.